The maximum atomic E-state index is 11.2. The third kappa shape index (κ3) is 6.31. The van der Waals surface area contributed by atoms with E-state index in [4.69, 9.17) is 23.2 Å². The molecule has 3 rings (SSSR count). The largest absolute Gasteiger partial charge is 0.507 e. The van der Waals surface area contributed by atoms with Crippen molar-refractivity contribution in [2.24, 2.45) is 4.99 Å². The van der Waals surface area contributed by atoms with Crippen LogP contribution < -0.4 is 4.90 Å². The van der Waals surface area contributed by atoms with Crippen molar-refractivity contribution in [2.45, 2.75) is 58.9 Å². The fourth-order valence-corrected chi connectivity index (χ4v) is 4.39. The predicted molar refractivity (Wildman–Crippen MR) is 149 cm³/mol. The Morgan fingerprint density at radius 1 is 0.886 bits per heavy atom. The highest BCUT2D eigenvalue weighted by atomic mass is 35.5. The minimum atomic E-state index is -0.193. The van der Waals surface area contributed by atoms with E-state index in [1.165, 1.54) is 11.6 Å². The van der Waals surface area contributed by atoms with Gasteiger partial charge in [-0.2, -0.15) is 0 Å². The highest BCUT2D eigenvalue weighted by Gasteiger charge is 2.25. The molecular weight excluding hydrogens is 479 g/mol. The molecule has 6 heteroatoms. The summed E-state index contributed by atoms with van der Waals surface area (Å²) in [5, 5.41) is 22.1. The summed E-state index contributed by atoms with van der Waals surface area (Å²) in [7, 11) is 1.97. The van der Waals surface area contributed by atoms with E-state index in [0.29, 0.717) is 28.6 Å². The number of halogens is 2. The standard InChI is InChI=1S/C29H34Cl2N2O2/c1-28(2,3)20-12-19(26(34)22(14-20)29(4,5)6)17-33(7)25-11-9-8-10-24(25)32-16-18-13-21(30)15-23(31)27(18)35/h8-16,34-35H,17H2,1-7H3. The van der Waals surface area contributed by atoms with Gasteiger partial charge in [-0.15, -0.1) is 0 Å². The Morgan fingerprint density at radius 2 is 1.54 bits per heavy atom. The summed E-state index contributed by atoms with van der Waals surface area (Å²) in [6.07, 6.45) is 1.55. The zero-order valence-electron chi connectivity index (χ0n) is 21.4. The van der Waals surface area contributed by atoms with Gasteiger partial charge in [-0.3, -0.25) is 4.99 Å². The monoisotopic (exact) mass is 512 g/mol. The van der Waals surface area contributed by atoms with Crippen LogP contribution >= 0.6 is 23.2 Å². The first kappa shape index (κ1) is 26.9. The molecule has 0 spiro atoms. The van der Waals surface area contributed by atoms with Gasteiger partial charge in [0.15, 0.2) is 0 Å². The van der Waals surface area contributed by atoms with E-state index in [0.717, 1.165) is 16.8 Å². The quantitative estimate of drug-likeness (QED) is 0.337. The highest BCUT2D eigenvalue weighted by Crippen LogP contribution is 2.39. The van der Waals surface area contributed by atoms with Gasteiger partial charge in [0.25, 0.3) is 0 Å². The second kappa shape index (κ2) is 10.1. The summed E-state index contributed by atoms with van der Waals surface area (Å²) in [6, 6.07) is 15.1. The van der Waals surface area contributed by atoms with Crippen molar-refractivity contribution in [3.8, 4) is 11.5 Å². The normalized spacial score (nSPS) is 12.4. The van der Waals surface area contributed by atoms with Gasteiger partial charge >= 0.3 is 0 Å². The number of phenolic OH excluding ortho intramolecular Hbond substituents is 2. The summed E-state index contributed by atoms with van der Waals surface area (Å²) in [6.45, 7) is 13.4. The van der Waals surface area contributed by atoms with E-state index in [-0.39, 0.29) is 21.6 Å². The first-order valence-electron chi connectivity index (χ1n) is 11.6. The smallest absolute Gasteiger partial charge is 0.143 e. The summed E-state index contributed by atoms with van der Waals surface area (Å²) in [4.78, 5) is 6.67. The predicted octanol–water partition coefficient (Wildman–Crippen LogP) is 8.39. The molecule has 0 amide bonds. The van der Waals surface area contributed by atoms with E-state index >= 15 is 0 Å². The van der Waals surface area contributed by atoms with Crippen molar-refractivity contribution in [3.05, 3.63) is 80.8 Å². The van der Waals surface area contributed by atoms with Gasteiger partial charge in [0, 0.05) is 36.0 Å². The molecule has 0 radical (unpaired) electrons. The van der Waals surface area contributed by atoms with Crippen LogP contribution in [0.3, 0.4) is 0 Å². The molecule has 0 fully saturated rings. The van der Waals surface area contributed by atoms with Crippen LogP contribution in [0.5, 0.6) is 11.5 Å². The molecule has 0 aliphatic heterocycles. The number of rotatable bonds is 5. The Bertz CT molecular complexity index is 1250. The first-order valence-corrected chi connectivity index (χ1v) is 12.3. The maximum Gasteiger partial charge on any atom is 0.143 e. The lowest BCUT2D eigenvalue weighted by molar-refractivity contribution is 0.437. The molecule has 186 valence electrons. The molecule has 0 saturated carbocycles. The molecule has 3 aromatic rings. The second-order valence-corrected chi connectivity index (χ2v) is 11.8. The lowest BCUT2D eigenvalue weighted by Crippen LogP contribution is -2.21. The molecular formula is C29H34Cl2N2O2. The van der Waals surface area contributed by atoms with E-state index in [1.54, 1.807) is 12.3 Å². The number of aliphatic imine (C=N–C) groups is 1. The molecule has 0 saturated heterocycles. The van der Waals surface area contributed by atoms with Crippen LogP contribution in [0, 0.1) is 0 Å². The Hall–Kier alpha value is -2.69. The van der Waals surface area contributed by atoms with Gasteiger partial charge in [-0.25, -0.2) is 0 Å². The van der Waals surface area contributed by atoms with Crippen LogP contribution in [0.2, 0.25) is 10.0 Å². The number of anilines is 1. The molecule has 0 aromatic heterocycles. The van der Waals surface area contributed by atoms with Crippen molar-refractivity contribution >= 4 is 40.8 Å². The Labute approximate surface area is 218 Å². The molecule has 0 aliphatic carbocycles. The fraction of sp³-hybridized carbons (Fsp3) is 0.345. The Morgan fingerprint density at radius 3 is 2.17 bits per heavy atom. The topological polar surface area (TPSA) is 56.1 Å². The van der Waals surface area contributed by atoms with Gasteiger partial charge in [0.2, 0.25) is 0 Å². The van der Waals surface area contributed by atoms with Crippen LogP contribution in [-0.2, 0) is 17.4 Å². The lowest BCUT2D eigenvalue weighted by atomic mass is 9.79. The fourth-order valence-electron chi connectivity index (χ4n) is 3.88. The van der Waals surface area contributed by atoms with Crippen molar-refractivity contribution in [1.29, 1.82) is 0 Å². The molecule has 0 heterocycles. The van der Waals surface area contributed by atoms with E-state index in [9.17, 15) is 10.2 Å². The third-order valence-corrected chi connectivity index (χ3v) is 6.47. The number of nitrogens with zero attached hydrogens (tertiary/aromatic N) is 2. The molecule has 0 bridgehead atoms. The number of phenols is 2. The number of aromatic hydroxyl groups is 2. The van der Waals surface area contributed by atoms with Crippen LogP contribution in [0.15, 0.2) is 53.5 Å². The van der Waals surface area contributed by atoms with E-state index in [1.807, 2.05) is 31.3 Å². The highest BCUT2D eigenvalue weighted by molar-refractivity contribution is 6.36. The lowest BCUT2D eigenvalue weighted by Gasteiger charge is -2.29. The Balaban J connectivity index is 2.00. The number of para-hydroxylation sites is 2. The molecule has 0 atom stereocenters. The van der Waals surface area contributed by atoms with Crippen LogP contribution in [-0.4, -0.2) is 23.5 Å². The van der Waals surface area contributed by atoms with Crippen molar-refractivity contribution < 1.29 is 10.2 Å². The molecule has 4 nitrogen and oxygen atoms in total. The molecule has 0 unspecified atom stereocenters. The van der Waals surface area contributed by atoms with Gasteiger partial charge < -0.3 is 15.1 Å². The zero-order valence-corrected chi connectivity index (χ0v) is 23.0. The number of hydrogen-bond acceptors (Lipinski definition) is 4. The molecule has 35 heavy (non-hydrogen) atoms. The van der Waals surface area contributed by atoms with Gasteiger partial charge in [0.05, 0.1) is 16.4 Å². The minimum absolute atomic E-state index is 0.0521. The second-order valence-electron chi connectivity index (χ2n) is 11.0. The number of benzene rings is 3. The summed E-state index contributed by atoms with van der Waals surface area (Å²) in [5.41, 5.74) is 4.77. The maximum absolute atomic E-state index is 11.2. The first-order chi connectivity index (χ1) is 16.2. The Kier molecular flexibility index (Phi) is 7.78. The molecule has 2 N–H and O–H groups in total. The van der Waals surface area contributed by atoms with Crippen molar-refractivity contribution in [2.75, 3.05) is 11.9 Å². The molecule has 3 aromatic carbocycles. The van der Waals surface area contributed by atoms with Crippen molar-refractivity contribution in [1.82, 2.24) is 0 Å². The van der Waals surface area contributed by atoms with E-state index in [2.05, 4.69) is 63.6 Å². The SMILES string of the molecule is CN(Cc1cc(C(C)(C)C)cc(C(C)(C)C)c1O)c1ccccc1N=Cc1cc(Cl)cc(Cl)c1O. The molecule has 0 aliphatic rings. The van der Waals surface area contributed by atoms with E-state index < -0.39 is 0 Å². The van der Waals surface area contributed by atoms with Gasteiger partial charge in [0.1, 0.15) is 11.5 Å². The minimum Gasteiger partial charge on any atom is -0.507 e. The van der Waals surface area contributed by atoms with Gasteiger partial charge in [-0.1, -0.05) is 82.9 Å². The van der Waals surface area contributed by atoms with Crippen LogP contribution in [0.4, 0.5) is 11.4 Å². The zero-order chi connectivity index (χ0) is 26.1. The van der Waals surface area contributed by atoms with Crippen molar-refractivity contribution in [3.63, 3.8) is 0 Å². The number of hydrogen-bond donors (Lipinski definition) is 2. The summed E-state index contributed by atoms with van der Waals surface area (Å²) in [5.74, 6) is 0.265. The third-order valence-electron chi connectivity index (χ3n) is 5.96. The van der Waals surface area contributed by atoms with Crippen LogP contribution in [0.1, 0.15) is 63.8 Å². The average Bonchev–Trinajstić information content (AvgIpc) is 2.75. The summed E-state index contributed by atoms with van der Waals surface area (Å²) >= 11 is 12.1. The van der Waals surface area contributed by atoms with Gasteiger partial charge in [-0.05, 0) is 52.3 Å². The average molecular weight is 514 g/mol. The summed E-state index contributed by atoms with van der Waals surface area (Å²) < 4.78 is 0. The van der Waals surface area contributed by atoms with Crippen LogP contribution in [0.25, 0.3) is 0 Å².